The van der Waals surface area contributed by atoms with E-state index in [1.54, 1.807) is 0 Å². The molecule has 3 nitrogen and oxygen atoms in total. The largest absolute Gasteiger partial charge is 0.381 e. The maximum absolute atomic E-state index is 5.41. The Bertz CT molecular complexity index is 172. The third-order valence-electron chi connectivity index (χ3n) is 3.38. The monoisotopic (exact) mass is 199 g/mol. The van der Waals surface area contributed by atoms with Gasteiger partial charge in [0.15, 0.2) is 0 Å². The first-order valence-electron chi connectivity index (χ1n) is 5.69. The minimum Gasteiger partial charge on any atom is -0.381 e. The van der Waals surface area contributed by atoms with Gasteiger partial charge in [-0.3, -0.25) is 0 Å². The lowest BCUT2D eigenvalue weighted by atomic mass is 9.96. The molecular formula is C11H21NO2. The van der Waals surface area contributed by atoms with Crippen molar-refractivity contribution in [2.75, 3.05) is 33.0 Å². The molecule has 2 aliphatic rings. The van der Waals surface area contributed by atoms with E-state index in [1.807, 2.05) is 0 Å². The van der Waals surface area contributed by atoms with E-state index < -0.39 is 0 Å². The summed E-state index contributed by atoms with van der Waals surface area (Å²) >= 11 is 0. The van der Waals surface area contributed by atoms with Crippen LogP contribution < -0.4 is 5.32 Å². The summed E-state index contributed by atoms with van der Waals surface area (Å²) in [6.07, 6.45) is 3.57. The highest BCUT2D eigenvalue weighted by molar-refractivity contribution is 4.87. The van der Waals surface area contributed by atoms with Gasteiger partial charge in [0, 0.05) is 25.4 Å². The van der Waals surface area contributed by atoms with Crippen molar-refractivity contribution >= 4 is 0 Å². The molecule has 82 valence electrons. The topological polar surface area (TPSA) is 30.5 Å². The van der Waals surface area contributed by atoms with Crippen LogP contribution in [0.15, 0.2) is 0 Å². The molecule has 0 bridgehead atoms. The van der Waals surface area contributed by atoms with Gasteiger partial charge < -0.3 is 14.8 Å². The van der Waals surface area contributed by atoms with Crippen LogP contribution in [-0.4, -0.2) is 38.5 Å². The summed E-state index contributed by atoms with van der Waals surface area (Å²) in [5.41, 5.74) is 0.234. The van der Waals surface area contributed by atoms with Crippen molar-refractivity contribution in [1.29, 1.82) is 0 Å². The first-order chi connectivity index (χ1) is 6.79. The molecule has 3 heteroatoms. The van der Waals surface area contributed by atoms with Crippen LogP contribution in [0.25, 0.3) is 0 Å². The van der Waals surface area contributed by atoms with Crippen LogP contribution in [0, 0.1) is 5.92 Å². The molecule has 2 aliphatic heterocycles. The van der Waals surface area contributed by atoms with Gasteiger partial charge >= 0.3 is 0 Å². The average Bonchev–Trinajstić information content (AvgIpc) is 2.65. The summed E-state index contributed by atoms with van der Waals surface area (Å²) in [5, 5.41) is 3.65. The molecule has 0 amide bonds. The van der Waals surface area contributed by atoms with Crippen molar-refractivity contribution in [3.63, 3.8) is 0 Å². The summed E-state index contributed by atoms with van der Waals surface area (Å²) < 4.78 is 10.8. The molecule has 1 unspecified atom stereocenters. The van der Waals surface area contributed by atoms with E-state index in [0.717, 1.165) is 45.3 Å². The minimum atomic E-state index is 0.234. The second-order valence-corrected chi connectivity index (χ2v) is 4.80. The molecule has 0 aromatic heterocycles. The summed E-state index contributed by atoms with van der Waals surface area (Å²) in [6, 6.07) is 0. The smallest absolute Gasteiger partial charge is 0.0646 e. The molecule has 0 aromatic carbocycles. The Balaban J connectivity index is 1.70. The Kier molecular flexibility index (Phi) is 3.42. The van der Waals surface area contributed by atoms with Gasteiger partial charge in [0.05, 0.1) is 6.61 Å². The SMILES string of the molecule is CC1(NCC2CCOCC2)CCOC1. The number of rotatable bonds is 3. The molecule has 1 N–H and O–H groups in total. The van der Waals surface area contributed by atoms with Gasteiger partial charge in [0.2, 0.25) is 0 Å². The van der Waals surface area contributed by atoms with E-state index in [-0.39, 0.29) is 5.54 Å². The fraction of sp³-hybridized carbons (Fsp3) is 1.00. The van der Waals surface area contributed by atoms with Gasteiger partial charge in [-0.1, -0.05) is 0 Å². The number of nitrogens with one attached hydrogen (secondary N) is 1. The van der Waals surface area contributed by atoms with Crippen LogP contribution in [0.1, 0.15) is 26.2 Å². The third kappa shape index (κ3) is 2.69. The molecule has 0 saturated carbocycles. The number of hydrogen-bond acceptors (Lipinski definition) is 3. The maximum Gasteiger partial charge on any atom is 0.0646 e. The fourth-order valence-electron chi connectivity index (χ4n) is 2.15. The fourth-order valence-corrected chi connectivity index (χ4v) is 2.15. The van der Waals surface area contributed by atoms with Gasteiger partial charge in [0.1, 0.15) is 0 Å². The van der Waals surface area contributed by atoms with E-state index >= 15 is 0 Å². The molecule has 2 rings (SSSR count). The van der Waals surface area contributed by atoms with Gasteiger partial charge in [-0.05, 0) is 38.6 Å². The van der Waals surface area contributed by atoms with E-state index in [1.165, 1.54) is 12.8 Å². The van der Waals surface area contributed by atoms with Crippen molar-refractivity contribution in [3.8, 4) is 0 Å². The summed E-state index contributed by atoms with van der Waals surface area (Å²) in [6.45, 7) is 7.06. The second kappa shape index (κ2) is 4.60. The first kappa shape index (κ1) is 10.4. The van der Waals surface area contributed by atoms with E-state index in [0.29, 0.717) is 0 Å². The summed E-state index contributed by atoms with van der Waals surface area (Å²) in [5.74, 6) is 0.807. The maximum atomic E-state index is 5.41. The lowest BCUT2D eigenvalue weighted by Crippen LogP contribution is -2.45. The Hall–Kier alpha value is -0.120. The van der Waals surface area contributed by atoms with E-state index in [9.17, 15) is 0 Å². The second-order valence-electron chi connectivity index (χ2n) is 4.80. The normalized spacial score (nSPS) is 34.9. The molecule has 2 saturated heterocycles. The predicted molar refractivity (Wildman–Crippen MR) is 55.4 cm³/mol. The van der Waals surface area contributed by atoms with Gasteiger partial charge in [-0.25, -0.2) is 0 Å². The van der Waals surface area contributed by atoms with Crippen molar-refractivity contribution in [2.45, 2.75) is 31.7 Å². The Labute approximate surface area is 86.2 Å². The highest BCUT2D eigenvalue weighted by atomic mass is 16.5. The number of ether oxygens (including phenoxy) is 2. The molecule has 0 radical (unpaired) electrons. The molecule has 0 aliphatic carbocycles. The number of hydrogen-bond donors (Lipinski definition) is 1. The van der Waals surface area contributed by atoms with E-state index in [2.05, 4.69) is 12.2 Å². The third-order valence-corrected chi connectivity index (χ3v) is 3.38. The lowest BCUT2D eigenvalue weighted by Gasteiger charge is -2.29. The molecule has 1 atom stereocenters. The van der Waals surface area contributed by atoms with Gasteiger partial charge in [0.25, 0.3) is 0 Å². The van der Waals surface area contributed by atoms with Crippen LogP contribution in [-0.2, 0) is 9.47 Å². The first-order valence-corrected chi connectivity index (χ1v) is 5.69. The lowest BCUT2D eigenvalue weighted by molar-refractivity contribution is 0.0631. The van der Waals surface area contributed by atoms with Gasteiger partial charge in [-0.2, -0.15) is 0 Å². The van der Waals surface area contributed by atoms with Crippen LogP contribution in [0.2, 0.25) is 0 Å². The quantitative estimate of drug-likeness (QED) is 0.740. The van der Waals surface area contributed by atoms with Crippen LogP contribution in [0.4, 0.5) is 0 Å². The zero-order chi connectivity index (χ0) is 9.86. The van der Waals surface area contributed by atoms with Crippen LogP contribution in [0.3, 0.4) is 0 Å². The Morgan fingerprint density at radius 1 is 1.21 bits per heavy atom. The molecule has 14 heavy (non-hydrogen) atoms. The van der Waals surface area contributed by atoms with Crippen LogP contribution in [0.5, 0.6) is 0 Å². The summed E-state index contributed by atoms with van der Waals surface area (Å²) in [7, 11) is 0. The predicted octanol–water partition coefficient (Wildman–Crippen LogP) is 1.18. The molecule has 2 fully saturated rings. The average molecular weight is 199 g/mol. The van der Waals surface area contributed by atoms with Crippen molar-refractivity contribution in [3.05, 3.63) is 0 Å². The molecule has 0 aromatic rings. The standard InChI is InChI=1S/C11H21NO2/c1-11(4-7-14-9-11)12-8-10-2-5-13-6-3-10/h10,12H,2-9H2,1H3. The molecular weight excluding hydrogens is 178 g/mol. The molecule has 0 spiro atoms. The van der Waals surface area contributed by atoms with E-state index in [4.69, 9.17) is 9.47 Å². The molecule has 2 heterocycles. The van der Waals surface area contributed by atoms with Crippen molar-refractivity contribution < 1.29 is 9.47 Å². The zero-order valence-electron chi connectivity index (χ0n) is 9.05. The minimum absolute atomic E-state index is 0.234. The van der Waals surface area contributed by atoms with Crippen molar-refractivity contribution in [2.24, 2.45) is 5.92 Å². The van der Waals surface area contributed by atoms with Gasteiger partial charge in [-0.15, -0.1) is 0 Å². The zero-order valence-corrected chi connectivity index (χ0v) is 9.05. The summed E-state index contributed by atoms with van der Waals surface area (Å²) in [4.78, 5) is 0. The highest BCUT2D eigenvalue weighted by Crippen LogP contribution is 2.20. The van der Waals surface area contributed by atoms with Crippen molar-refractivity contribution in [1.82, 2.24) is 5.32 Å². The highest BCUT2D eigenvalue weighted by Gasteiger charge is 2.29. The Morgan fingerprint density at radius 2 is 2.00 bits per heavy atom. The van der Waals surface area contributed by atoms with Crippen LogP contribution >= 0.6 is 0 Å². The Morgan fingerprint density at radius 3 is 2.64 bits per heavy atom.